The van der Waals surface area contributed by atoms with Crippen LogP contribution in [0.3, 0.4) is 0 Å². The summed E-state index contributed by atoms with van der Waals surface area (Å²) < 4.78 is 0. The molecule has 0 aliphatic heterocycles. The molecular weight excluding hydrogens is 228 g/mol. The van der Waals surface area contributed by atoms with Gasteiger partial charge in [0.05, 0.1) is 0 Å². The number of hydrogen-bond donors (Lipinski definition) is 0. The fourth-order valence-corrected chi connectivity index (χ4v) is 2.96. The van der Waals surface area contributed by atoms with Gasteiger partial charge in [-0.1, -0.05) is 61.2 Å². The molecule has 0 amide bonds. The average molecular weight is 241 g/mol. The van der Waals surface area contributed by atoms with Crippen molar-refractivity contribution < 1.29 is 0 Å². The van der Waals surface area contributed by atoms with Gasteiger partial charge in [-0.3, -0.25) is 0 Å². The van der Waals surface area contributed by atoms with E-state index in [1.165, 1.54) is 32.4 Å². The van der Waals surface area contributed by atoms with Gasteiger partial charge in [0.25, 0.3) is 0 Å². The quantitative estimate of drug-likeness (QED) is 0.614. The molecule has 0 nitrogen and oxygen atoms in total. The zero-order valence-electron chi connectivity index (χ0n) is 10.6. The van der Waals surface area contributed by atoms with Crippen molar-refractivity contribution in [3.05, 3.63) is 86.6 Å². The summed E-state index contributed by atoms with van der Waals surface area (Å²) in [6, 6.07) is 12.7. The van der Waals surface area contributed by atoms with E-state index in [4.69, 9.17) is 0 Å². The number of benzene rings is 2. The van der Waals surface area contributed by atoms with E-state index in [2.05, 4.69) is 67.3 Å². The number of fused-ring (bicyclic) bond motifs is 2. The molecule has 0 fully saturated rings. The molecule has 0 aromatic heterocycles. The second kappa shape index (κ2) is 3.83. The van der Waals surface area contributed by atoms with Crippen LogP contribution in [0.15, 0.2) is 54.6 Å². The molecule has 0 heteroatoms. The molecule has 0 unspecified atom stereocenters. The minimum absolute atomic E-state index is 0.997. The van der Waals surface area contributed by atoms with Crippen LogP contribution in [0.4, 0.5) is 0 Å². The predicted molar refractivity (Wildman–Crippen MR) is 79.6 cm³/mol. The van der Waals surface area contributed by atoms with E-state index in [0.29, 0.717) is 0 Å². The third-order valence-electron chi connectivity index (χ3n) is 3.86. The van der Waals surface area contributed by atoms with Crippen molar-refractivity contribution in [1.82, 2.24) is 0 Å². The monoisotopic (exact) mass is 241 g/mol. The summed E-state index contributed by atoms with van der Waals surface area (Å²) in [5.74, 6) is 0. The van der Waals surface area contributed by atoms with E-state index in [0.717, 1.165) is 11.6 Å². The van der Waals surface area contributed by atoms with Gasteiger partial charge in [0.2, 0.25) is 0 Å². The first kappa shape index (κ1) is 10.6. The molecular formula is C19H13. The molecule has 2 aliphatic carbocycles. The van der Waals surface area contributed by atoms with Crippen LogP contribution in [0.2, 0.25) is 0 Å². The molecule has 0 spiro atoms. The van der Waals surface area contributed by atoms with Crippen molar-refractivity contribution in [3.63, 3.8) is 0 Å². The first-order chi connectivity index (χ1) is 9.34. The first-order valence-corrected chi connectivity index (χ1v) is 6.56. The van der Waals surface area contributed by atoms with E-state index in [1.54, 1.807) is 0 Å². The molecule has 2 aromatic rings. The Hall–Kier alpha value is -2.34. The van der Waals surface area contributed by atoms with Gasteiger partial charge in [0.1, 0.15) is 0 Å². The minimum atomic E-state index is 0.997. The normalized spacial score (nSPS) is 14.8. The van der Waals surface area contributed by atoms with Gasteiger partial charge in [-0.15, -0.1) is 0 Å². The lowest BCUT2D eigenvalue weighted by Gasteiger charge is -2.07. The lowest BCUT2D eigenvalue weighted by Crippen LogP contribution is -2.08. The van der Waals surface area contributed by atoms with E-state index >= 15 is 0 Å². The van der Waals surface area contributed by atoms with Crippen molar-refractivity contribution in [3.8, 4) is 0 Å². The Balaban J connectivity index is 2.17. The van der Waals surface area contributed by atoms with E-state index < -0.39 is 0 Å². The average Bonchev–Trinajstić information content (AvgIpc) is 3.05. The highest BCUT2D eigenvalue weighted by Gasteiger charge is 2.13. The molecule has 1 radical (unpaired) electrons. The molecule has 0 saturated carbocycles. The standard InChI is InChI=1S/C19H13/c1-13-10-11-17-16-9-5-4-8-15(16)12-18(17)19(13)14-6-2-3-7-14/h2-6,8-11H,1,7H2. The molecule has 4 rings (SSSR count). The van der Waals surface area contributed by atoms with Gasteiger partial charge in [-0.25, -0.2) is 0 Å². The fourth-order valence-electron chi connectivity index (χ4n) is 2.96. The maximum atomic E-state index is 4.20. The van der Waals surface area contributed by atoms with Gasteiger partial charge < -0.3 is 0 Å². The second-order valence-electron chi connectivity index (χ2n) is 5.02. The summed E-state index contributed by atoms with van der Waals surface area (Å²) in [5, 5.41) is 4.85. The summed E-state index contributed by atoms with van der Waals surface area (Å²) in [5.41, 5.74) is 3.82. The summed E-state index contributed by atoms with van der Waals surface area (Å²) >= 11 is 0. The van der Waals surface area contributed by atoms with Crippen LogP contribution in [0.1, 0.15) is 17.5 Å². The SMILES string of the molecule is C=c1ccc2c(c1C1=CC=CC1)[C]=c1ccccc1=2. The Morgan fingerprint density at radius 1 is 1.00 bits per heavy atom. The van der Waals surface area contributed by atoms with Crippen molar-refractivity contribution in [2.45, 2.75) is 6.42 Å². The highest BCUT2D eigenvalue weighted by atomic mass is 14.2. The summed E-state index contributed by atoms with van der Waals surface area (Å²) in [6.07, 6.45) is 11.1. The van der Waals surface area contributed by atoms with Crippen molar-refractivity contribution in [2.24, 2.45) is 0 Å². The van der Waals surface area contributed by atoms with Crippen LogP contribution in [0.5, 0.6) is 0 Å². The van der Waals surface area contributed by atoms with Crippen LogP contribution in [0.25, 0.3) is 18.2 Å². The third-order valence-corrected chi connectivity index (χ3v) is 3.86. The minimum Gasteiger partial charge on any atom is -0.0911 e. The lowest BCUT2D eigenvalue weighted by molar-refractivity contribution is 1.37. The number of rotatable bonds is 1. The number of allylic oxidation sites excluding steroid dienone is 4. The number of hydrogen-bond acceptors (Lipinski definition) is 0. The van der Waals surface area contributed by atoms with Crippen LogP contribution >= 0.6 is 0 Å². The fraction of sp³-hybridized carbons (Fsp3) is 0.0526. The molecule has 2 aromatic carbocycles. The first-order valence-electron chi connectivity index (χ1n) is 6.56. The van der Waals surface area contributed by atoms with E-state index in [-0.39, 0.29) is 0 Å². The third kappa shape index (κ3) is 1.47. The molecule has 89 valence electrons. The summed E-state index contributed by atoms with van der Waals surface area (Å²) in [4.78, 5) is 0. The van der Waals surface area contributed by atoms with E-state index in [1.807, 2.05) is 0 Å². The van der Waals surface area contributed by atoms with E-state index in [9.17, 15) is 0 Å². The van der Waals surface area contributed by atoms with Crippen molar-refractivity contribution in [2.75, 3.05) is 0 Å². The zero-order chi connectivity index (χ0) is 12.8. The predicted octanol–water partition coefficient (Wildman–Crippen LogP) is 2.75. The molecule has 0 atom stereocenters. The van der Waals surface area contributed by atoms with Gasteiger partial charge >= 0.3 is 0 Å². The largest absolute Gasteiger partial charge is 0.0911 e. The highest BCUT2D eigenvalue weighted by Crippen LogP contribution is 2.25. The Morgan fingerprint density at radius 2 is 1.89 bits per heavy atom. The Kier molecular flexibility index (Phi) is 2.13. The molecule has 0 N–H and O–H groups in total. The second-order valence-corrected chi connectivity index (χ2v) is 5.02. The molecule has 0 heterocycles. The van der Waals surface area contributed by atoms with Crippen LogP contribution in [-0.2, 0) is 0 Å². The molecule has 19 heavy (non-hydrogen) atoms. The molecule has 2 aliphatic rings. The summed E-state index contributed by atoms with van der Waals surface area (Å²) in [7, 11) is 0. The smallest absolute Gasteiger partial charge is 0.000731 e. The van der Waals surface area contributed by atoms with Crippen LogP contribution < -0.4 is 10.4 Å². The molecule has 0 bridgehead atoms. The zero-order valence-corrected chi connectivity index (χ0v) is 10.6. The Labute approximate surface area is 112 Å². The molecule has 0 saturated heterocycles. The van der Waals surface area contributed by atoms with Gasteiger partial charge in [-0.2, -0.15) is 0 Å². The van der Waals surface area contributed by atoms with Crippen molar-refractivity contribution >= 4 is 18.2 Å². The Bertz CT molecular complexity index is 941. The van der Waals surface area contributed by atoms with Gasteiger partial charge in [0, 0.05) is 0 Å². The lowest BCUT2D eigenvalue weighted by atomic mass is 9.96. The van der Waals surface area contributed by atoms with Gasteiger partial charge in [0.15, 0.2) is 0 Å². The van der Waals surface area contributed by atoms with Crippen molar-refractivity contribution in [1.29, 1.82) is 0 Å². The summed E-state index contributed by atoms with van der Waals surface area (Å²) in [6.45, 7) is 4.20. The maximum absolute atomic E-state index is 4.20. The van der Waals surface area contributed by atoms with Crippen LogP contribution in [-0.4, -0.2) is 0 Å². The topological polar surface area (TPSA) is 0 Å². The Morgan fingerprint density at radius 3 is 2.74 bits per heavy atom. The maximum Gasteiger partial charge on any atom is -0.000731 e. The van der Waals surface area contributed by atoms with Crippen LogP contribution in [0, 0.1) is 10.4 Å². The van der Waals surface area contributed by atoms with Gasteiger partial charge in [-0.05, 0) is 50.1 Å². The highest BCUT2D eigenvalue weighted by molar-refractivity contribution is 5.79.